The highest BCUT2D eigenvalue weighted by Gasteiger charge is 2.54. The second-order valence-electron chi connectivity index (χ2n) is 15.8. The number of rotatable bonds is 16. The van der Waals surface area contributed by atoms with Gasteiger partial charge in [-0.05, 0) is 39.4 Å². The number of benzene rings is 4. The molecule has 0 bridgehead atoms. The molecule has 0 aromatic heterocycles. The van der Waals surface area contributed by atoms with Gasteiger partial charge < -0.3 is 28.5 Å². The van der Waals surface area contributed by atoms with Crippen molar-refractivity contribution in [3.63, 3.8) is 0 Å². The summed E-state index contributed by atoms with van der Waals surface area (Å²) in [6.45, 7) is 10.3. The second-order valence-corrected chi connectivity index (χ2v) is 20.1. The Morgan fingerprint density at radius 2 is 1.43 bits per heavy atom. The zero-order valence-corrected chi connectivity index (χ0v) is 33.2. The molecule has 0 saturated carbocycles. The van der Waals surface area contributed by atoms with Crippen LogP contribution in [-0.2, 0) is 41.4 Å². The molecule has 1 unspecified atom stereocenters. The van der Waals surface area contributed by atoms with E-state index in [0.29, 0.717) is 44.8 Å². The Hall–Kier alpha value is -3.89. The van der Waals surface area contributed by atoms with Gasteiger partial charge in [-0.15, -0.1) is 0 Å². The van der Waals surface area contributed by atoms with E-state index in [4.69, 9.17) is 23.4 Å². The number of aliphatic hydroxyl groups excluding tert-OH is 1. The molecular formula is C46H56O7Si. The van der Waals surface area contributed by atoms with Gasteiger partial charge in [-0.3, -0.25) is 4.79 Å². The molecule has 2 aliphatic rings. The quantitative estimate of drug-likeness (QED) is 0.0709. The number of aliphatic hydroxyl groups is 1. The van der Waals surface area contributed by atoms with Crippen molar-refractivity contribution in [2.75, 3.05) is 13.2 Å². The van der Waals surface area contributed by atoms with E-state index >= 15 is 0 Å². The van der Waals surface area contributed by atoms with Crippen LogP contribution in [0.4, 0.5) is 0 Å². The summed E-state index contributed by atoms with van der Waals surface area (Å²) >= 11 is 0. The molecule has 286 valence electrons. The van der Waals surface area contributed by atoms with Gasteiger partial charge in [-0.2, -0.15) is 0 Å². The highest BCUT2D eigenvalue weighted by atomic mass is 28.4. The smallest absolute Gasteiger partial charge is 0.261 e. The molecule has 1 spiro atoms. The zero-order chi connectivity index (χ0) is 38.0. The summed E-state index contributed by atoms with van der Waals surface area (Å²) in [6.07, 6.45) is 2.69. The van der Waals surface area contributed by atoms with Crippen molar-refractivity contribution in [3.8, 4) is 0 Å². The number of ether oxygens (including phenoxy) is 4. The van der Waals surface area contributed by atoms with E-state index in [2.05, 4.69) is 76.2 Å². The first kappa shape index (κ1) is 39.8. The predicted molar refractivity (Wildman–Crippen MR) is 215 cm³/mol. The van der Waals surface area contributed by atoms with Crippen LogP contribution in [0, 0.1) is 5.92 Å². The van der Waals surface area contributed by atoms with Crippen LogP contribution in [0.5, 0.6) is 0 Å². The van der Waals surface area contributed by atoms with Crippen LogP contribution >= 0.6 is 0 Å². The molecule has 2 fully saturated rings. The fraction of sp³-hybridized carbons (Fsp3) is 0.413. The van der Waals surface area contributed by atoms with Crippen LogP contribution in [0.1, 0.15) is 70.9 Å². The monoisotopic (exact) mass is 748 g/mol. The molecule has 4 aromatic carbocycles. The summed E-state index contributed by atoms with van der Waals surface area (Å²) in [5, 5.41) is 13.3. The number of carbonyl (C=O) groups is 1. The molecule has 8 heteroatoms. The van der Waals surface area contributed by atoms with Crippen LogP contribution in [0.3, 0.4) is 0 Å². The van der Waals surface area contributed by atoms with Gasteiger partial charge in [-0.25, -0.2) is 0 Å². The molecule has 2 heterocycles. The predicted octanol–water partition coefficient (Wildman–Crippen LogP) is 7.89. The third-order valence-corrected chi connectivity index (χ3v) is 15.8. The summed E-state index contributed by atoms with van der Waals surface area (Å²) in [4.78, 5) is 13.5. The van der Waals surface area contributed by atoms with Crippen LogP contribution in [0.15, 0.2) is 133 Å². The Labute approximate surface area is 322 Å². The van der Waals surface area contributed by atoms with Crippen molar-refractivity contribution in [2.24, 2.45) is 5.92 Å². The molecule has 2 aliphatic heterocycles. The van der Waals surface area contributed by atoms with E-state index in [1.807, 2.05) is 72.8 Å². The Kier molecular flexibility index (Phi) is 13.4. The Bertz CT molecular complexity index is 1740. The lowest BCUT2D eigenvalue weighted by Crippen LogP contribution is -2.67. The van der Waals surface area contributed by atoms with E-state index in [0.717, 1.165) is 27.9 Å². The minimum Gasteiger partial charge on any atom is -0.466 e. The molecule has 54 heavy (non-hydrogen) atoms. The largest absolute Gasteiger partial charge is 0.466 e. The standard InChI is InChI=1S/C46H56O7Si/c1-35-25-26-40(30-38(47)29-39(48)34-51-54(45(2,3)4,41-21-13-7-14-22-41)42-23-15-8-16-24-42)52-46(35)31-44(50-33-37-19-11-6-12-20-37)43(53-46)27-28-49-32-36-17-9-5-10-18-36/h5-24,30,35,39,43-44,48H,25-29,31-34H2,1-4H3/b40-30+/t35-,39-,43-,44-,46?/m0/s1. The lowest BCUT2D eigenvalue weighted by Gasteiger charge is -2.43. The Balaban J connectivity index is 1.11. The van der Waals surface area contributed by atoms with E-state index in [9.17, 15) is 9.90 Å². The van der Waals surface area contributed by atoms with Crippen molar-refractivity contribution in [2.45, 2.75) is 102 Å². The number of carbonyl (C=O) groups excluding carboxylic acids is 1. The van der Waals surface area contributed by atoms with Crippen LogP contribution in [-0.4, -0.2) is 56.5 Å². The van der Waals surface area contributed by atoms with E-state index in [1.165, 1.54) is 0 Å². The normalized spacial score (nSPS) is 23.0. The van der Waals surface area contributed by atoms with Gasteiger partial charge in [0.2, 0.25) is 5.79 Å². The first-order valence-corrected chi connectivity index (χ1v) is 21.3. The van der Waals surface area contributed by atoms with Gasteiger partial charge in [0, 0.05) is 37.9 Å². The molecule has 5 atom stereocenters. The number of hydrogen-bond acceptors (Lipinski definition) is 7. The zero-order valence-electron chi connectivity index (χ0n) is 32.2. The Morgan fingerprint density at radius 1 is 0.870 bits per heavy atom. The van der Waals surface area contributed by atoms with Gasteiger partial charge in [0.05, 0.1) is 38.1 Å². The maximum atomic E-state index is 13.5. The van der Waals surface area contributed by atoms with Crippen molar-refractivity contribution in [1.82, 2.24) is 0 Å². The van der Waals surface area contributed by atoms with E-state index in [-0.39, 0.29) is 42.0 Å². The molecular weight excluding hydrogens is 693 g/mol. The Morgan fingerprint density at radius 3 is 2.00 bits per heavy atom. The molecule has 7 nitrogen and oxygen atoms in total. The van der Waals surface area contributed by atoms with Crippen molar-refractivity contribution in [3.05, 3.63) is 144 Å². The van der Waals surface area contributed by atoms with Crippen LogP contribution < -0.4 is 10.4 Å². The first-order valence-electron chi connectivity index (χ1n) is 19.4. The molecule has 0 aliphatic carbocycles. The van der Waals surface area contributed by atoms with Gasteiger partial charge in [0.25, 0.3) is 8.32 Å². The number of ketones is 1. The third-order valence-electron chi connectivity index (χ3n) is 10.8. The van der Waals surface area contributed by atoms with Gasteiger partial charge in [-0.1, -0.05) is 149 Å². The maximum absolute atomic E-state index is 13.5. The fourth-order valence-electron chi connectivity index (χ4n) is 7.89. The minimum absolute atomic E-state index is 0.0432. The highest BCUT2D eigenvalue weighted by molar-refractivity contribution is 6.99. The summed E-state index contributed by atoms with van der Waals surface area (Å²) in [7, 11) is -2.86. The first-order chi connectivity index (χ1) is 26.1. The molecule has 0 amide bonds. The summed E-state index contributed by atoms with van der Waals surface area (Å²) < 4.78 is 32.9. The summed E-state index contributed by atoms with van der Waals surface area (Å²) in [6, 6.07) is 40.9. The molecule has 0 radical (unpaired) electrons. The SMILES string of the molecule is C[C@H]1CC/C(=C\C(=O)C[C@H](O)CO[Si](c2ccccc2)(c2ccccc2)C(C)(C)C)OC12C[C@H](OCc1ccccc1)[C@H](CCOCc1ccccc1)O2. The molecule has 6 rings (SSSR count). The second kappa shape index (κ2) is 18.2. The number of allylic oxidation sites excluding steroid dienone is 2. The van der Waals surface area contributed by atoms with Crippen LogP contribution in [0.25, 0.3) is 0 Å². The van der Waals surface area contributed by atoms with Crippen molar-refractivity contribution in [1.29, 1.82) is 0 Å². The lowest BCUT2D eigenvalue weighted by atomic mass is 9.88. The molecule has 1 N–H and O–H groups in total. The van der Waals surface area contributed by atoms with Gasteiger partial charge in [0.15, 0.2) is 5.78 Å². The highest BCUT2D eigenvalue weighted by Crippen LogP contribution is 2.47. The molecule has 4 aromatic rings. The third kappa shape index (κ3) is 9.66. The van der Waals surface area contributed by atoms with E-state index in [1.54, 1.807) is 6.08 Å². The van der Waals surface area contributed by atoms with Crippen LogP contribution in [0.2, 0.25) is 5.04 Å². The average molecular weight is 749 g/mol. The van der Waals surface area contributed by atoms with Crippen molar-refractivity contribution >= 4 is 24.5 Å². The molecule has 2 saturated heterocycles. The summed E-state index contributed by atoms with van der Waals surface area (Å²) in [5.41, 5.74) is 2.22. The van der Waals surface area contributed by atoms with Crippen molar-refractivity contribution < 1.29 is 33.3 Å². The maximum Gasteiger partial charge on any atom is 0.261 e. The van der Waals surface area contributed by atoms with Gasteiger partial charge in [0.1, 0.15) is 5.76 Å². The van der Waals surface area contributed by atoms with Gasteiger partial charge >= 0.3 is 0 Å². The minimum atomic E-state index is -2.86. The van der Waals surface area contributed by atoms with E-state index < -0.39 is 20.2 Å². The lowest BCUT2D eigenvalue weighted by molar-refractivity contribution is -0.250. The average Bonchev–Trinajstić information content (AvgIpc) is 3.52. The topological polar surface area (TPSA) is 83.5 Å². The number of hydrogen-bond donors (Lipinski definition) is 1. The fourth-order valence-corrected chi connectivity index (χ4v) is 12.5. The summed E-state index contributed by atoms with van der Waals surface area (Å²) in [5.74, 6) is -0.441.